The van der Waals surface area contributed by atoms with E-state index in [1.54, 1.807) is 10.6 Å². The first kappa shape index (κ1) is 18.3. The number of amides is 1. The van der Waals surface area contributed by atoms with Gasteiger partial charge in [0.15, 0.2) is 5.16 Å². The third-order valence-corrected chi connectivity index (χ3v) is 6.19. The average molecular weight is 384 g/mol. The second-order valence-corrected chi connectivity index (χ2v) is 8.13. The zero-order valence-corrected chi connectivity index (χ0v) is 16.5. The monoisotopic (exact) mass is 383 g/mol. The Labute approximate surface area is 163 Å². The van der Waals surface area contributed by atoms with Crippen LogP contribution in [0.2, 0.25) is 0 Å². The summed E-state index contributed by atoms with van der Waals surface area (Å²) >= 11 is 1.38. The summed E-state index contributed by atoms with van der Waals surface area (Å²) in [5.74, 6) is 0.458. The summed E-state index contributed by atoms with van der Waals surface area (Å²) < 4.78 is 1.67. The molecule has 2 aliphatic carbocycles. The van der Waals surface area contributed by atoms with Gasteiger partial charge in [-0.2, -0.15) is 0 Å². The van der Waals surface area contributed by atoms with Crippen LogP contribution in [0.25, 0.3) is 10.9 Å². The van der Waals surface area contributed by atoms with E-state index in [0.717, 1.165) is 32.1 Å². The number of rotatable bonds is 6. The van der Waals surface area contributed by atoms with Crippen LogP contribution in [0.5, 0.6) is 0 Å². The van der Waals surface area contributed by atoms with E-state index in [-0.39, 0.29) is 11.5 Å². The maximum absolute atomic E-state index is 13.0. The number of hydrogen-bond donors (Lipinski definition) is 0. The molecule has 0 N–H and O–H groups in total. The molecule has 0 bridgehead atoms. The van der Waals surface area contributed by atoms with Crippen LogP contribution in [0, 0.1) is 0 Å². The van der Waals surface area contributed by atoms with Crippen molar-refractivity contribution in [1.29, 1.82) is 0 Å². The first-order valence-corrected chi connectivity index (χ1v) is 10.8. The minimum absolute atomic E-state index is 0.0351. The molecule has 27 heavy (non-hydrogen) atoms. The van der Waals surface area contributed by atoms with Gasteiger partial charge in [-0.25, -0.2) is 4.98 Å². The molecule has 1 fully saturated rings. The highest BCUT2D eigenvalue weighted by Gasteiger charge is 2.35. The Morgan fingerprint density at radius 2 is 2.11 bits per heavy atom. The van der Waals surface area contributed by atoms with Crippen molar-refractivity contribution in [2.45, 2.75) is 63.2 Å². The topological polar surface area (TPSA) is 55.2 Å². The largest absolute Gasteiger partial charge is 0.313 e. The highest BCUT2D eigenvalue weighted by Crippen LogP contribution is 2.34. The molecular formula is C21H25N3O2S. The van der Waals surface area contributed by atoms with Crippen molar-refractivity contribution in [3.8, 4) is 0 Å². The smallest absolute Gasteiger partial charge is 0.262 e. The summed E-state index contributed by atoms with van der Waals surface area (Å²) in [6.45, 7) is 2.48. The maximum atomic E-state index is 13.0. The van der Waals surface area contributed by atoms with Crippen LogP contribution < -0.4 is 5.56 Å². The zero-order chi connectivity index (χ0) is 18.8. The van der Waals surface area contributed by atoms with Crippen LogP contribution in [-0.2, 0) is 11.3 Å². The minimum Gasteiger partial charge on any atom is -0.313 e. The summed E-state index contributed by atoms with van der Waals surface area (Å²) in [7, 11) is 0. The quantitative estimate of drug-likeness (QED) is 0.560. The molecule has 142 valence electrons. The Balaban J connectivity index is 1.56. The lowest BCUT2D eigenvalue weighted by atomic mass is 10.0. The van der Waals surface area contributed by atoms with E-state index < -0.39 is 0 Å². The normalized spacial score (nSPS) is 17.0. The molecule has 0 unspecified atom stereocenters. The second kappa shape index (κ2) is 7.89. The SMILES string of the molecule is CCn1c(SCC(=O)N(C2=CCCCC2)C2CC2)nc2ccccc2c1=O. The number of carbonyl (C=O) groups excluding carboxylic acids is 1. The number of aromatic nitrogens is 2. The fourth-order valence-electron chi connectivity index (χ4n) is 3.70. The Hall–Kier alpha value is -2.08. The van der Waals surface area contributed by atoms with Gasteiger partial charge in [0.2, 0.25) is 5.91 Å². The van der Waals surface area contributed by atoms with Gasteiger partial charge in [-0.3, -0.25) is 14.2 Å². The van der Waals surface area contributed by atoms with E-state index in [0.29, 0.717) is 34.4 Å². The maximum Gasteiger partial charge on any atom is 0.262 e. The van der Waals surface area contributed by atoms with Gasteiger partial charge in [0, 0.05) is 18.3 Å². The Morgan fingerprint density at radius 3 is 2.81 bits per heavy atom. The Bertz CT molecular complexity index is 946. The van der Waals surface area contributed by atoms with Crippen molar-refractivity contribution in [2.75, 3.05) is 5.75 Å². The average Bonchev–Trinajstić information content (AvgIpc) is 3.52. The zero-order valence-electron chi connectivity index (χ0n) is 15.7. The summed E-state index contributed by atoms with van der Waals surface area (Å²) in [5, 5.41) is 1.25. The molecule has 1 amide bonds. The molecule has 0 spiro atoms. The van der Waals surface area contributed by atoms with Gasteiger partial charge in [-0.15, -0.1) is 0 Å². The van der Waals surface area contributed by atoms with Gasteiger partial charge in [0.05, 0.1) is 16.7 Å². The Morgan fingerprint density at radius 1 is 1.30 bits per heavy atom. The fraction of sp³-hybridized carbons (Fsp3) is 0.476. The molecule has 6 heteroatoms. The first-order valence-electron chi connectivity index (χ1n) is 9.82. The van der Waals surface area contributed by atoms with Crippen molar-refractivity contribution in [3.05, 3.63) is 46.4 Å². The molecule has 1 heterocycles. The molecule has 0 atom stereocenters. The van der Waals surface area contributed by atoms with Gasteiger partial charge in [0.25, 0.3) is 5.56 Å². The fourth-order valence-corrected chi connectivity index (χ4v) is 4.63. The standard InChI is InChI=1S/C21H25N3O2S/c1-2-23-20(26)17-10-6-7-11-18(17)22-21(23)27-14-19(25)24(16-12-13-16)15-8-4-3-5-9-15/h6-8,10-11,16H,2-5,9,12-14H2,1H3. The van der Waals surface area contributed by atoms with Crippen LogP contribution in [0.3, 0.4) is 0 Å². The molecule has 1 aromatic carbocycles. The van der Waals surface area contributed by atoms with Crippen molar-refractivity contribution in [2.24, 2.45) is 0 Å². The molecule has 5 nitrogen and oxygen atoms in total. The molecule has 0 saturated heterocycles. The molecule has 2 aliphatic rings. The highest BCUT2D eigenvalue weighted by molar-refractivity contribution is 7.99. The van der Waals surface area contributed by atoms with Crippen LogP contribution in [-0.4, -0.2) is 32.2 Å². The predicted molar refractivity (Wildman–Crippen MR) is 109 cm³/mol. The third kappa shape index (κ3) is 3.81. The number of para-hydroxylation sites is 1. The predicted octanol–water partition coefficient (Wildman–Crippen LogP) is 3.96. The number of carbonyl (C=O) groups is 1. The van der Waals surface area contributed by atoms with Crippen LogP contribution in [0.15, 0.2) is 46.0 Å². The van der Waals surface area contributed by atoms with E-state index >= 15 is 0 Å². The number of nitrogens with zero attached hydrogens (tertiary/aromatic N) is 3. The third-order valence-electron chi connectivity index (χ3n) is 5.22. The van der Waals surface area contributed by atoms with E-state index in [1.807, 2.05) is 30.0 Å². The summed E-state index contributed by atoms with van der Waals surface area (Å²) in [5.41, 5.74) is 1.86. The van der Waals surface area contributed by atoms with Gasteiger partial charge < -0.3 is 4.90 Å². The molecule has 1 saturated carbocycles. The number of fused-ring (bicyclic) bond motifs is 1. The molecule has 0 radical (unpaired) electrons. The van der Waals surface area contributed by atoms with E-state index in [2.05, 4.69) is 11.1 Å². The van der Waals surface area contributed by atoms with E-state index in [1.165, 1.54) is 23.9 Å². The molecule has 4 rings (SSSR count). The van der Waals surface area contributed by atoms with Gasteiger partial charge in [-0.1, -0.05) is 30.0 Å². The number of thioether (sulfide) groups is 1. The van der Waals surface area contributed by atoms with Gasteiger partial charge in [-0.05, 0) is 57.6 Å². The minimum atomic E-state index is -0.0351. The number of benzene rings is 1. The number of allylic oxidation sites excluding steroid dienone is 2. The molecule has 2 aromatic rings. The van der Waals surface area contributed by atoms with E-state index in [4.69, 9.17) is 0 Å². The van der Waals surface area contributed by atoms with Crippen LogP contribution in [0.1, 0.15) is 45.4 Å². The van der Waals surface area contributed by atoms with Gasteiger partial charge >= 0.3 is 0 Å². The van der Waals surface area contributed by atoms with Crippen molar-refractivity contribution in [1.82, 2.24) is 14.5 Å². The lowest BCUT2D eigenvalue weighted by Gasteiger charge is -2.27. The van der Waals surface area contributed by atoms with Crippen molar-refractivity contribution in [3.63, 3.8) is 0 Å². The molecule has 0 aliphatic heterocycles. The van der Waals surface area contributed by atoms with Crippen LogP contribution in [0.4, 0.5) is 0 Å². The van der Waals surface area contributed by atoms with Gasteiger partial charge in [0.1, 0.15) is 0 Å². The second-order valence-electron chi connectivity index (χ2n) is 7.19. The Kier molecular flexibility index (Phi) is 5.34. The van der Waals surface area contributed by atoms with Crippen LogP contribution >= 0.6 is 11.8 Å². The van der Waals surface area contributed by atoms with Crippen molar-refractivity contribution >= 4 is 28.6 Å². The first-order chi connectivity index (χ1) is 13.2. The van der Waals surface area contributed by atoms with Crippen molar-refractivity contribution < 1.29 is 4.79 Å². The molecular weight excluding hydrogens is 358 g/mol. The highest BCUT2D eigenvalue weighted by atomic mass is 32.2. The lowest BCUT2D eigenvalue weighted by molar-refractivity contribution is -0.127. The summed E-state index contributed by atoms with van der Waals surface area (Å²) in [6.07, 6.45) is 8.89. The molecule has 1 aromatic heterocycles. The summed E-state index contributed by atoms with van der Waals surface area (Å²) in [6, 6.07) is 7.77. The summed E-state index contributed by atoms with van der Waals surface area (Å²) in [4.78, 5) is 32.4. The number of hydrogen-bond acceptors (Lipinski definition) is 4. The lowest BCUT2D eigenvalue weighted by Crippen LogP contribution is -2.34. The van der Waals surface area contributed by atoms with E-state index in [9.17, 15) is 9.59 Å².